The van der Waals surface area contributed by atoms with E-state index >= 15 is 0 Å². The molecule has 162 valence electrons. The lowest BCUT2D eigenvalue weighted by molar-refractivity contribution is -0.132. The number of carbonyl (C=O) groups is 1. The third kappa shape index (κ3) is 5.19. The number of aromatic nitrogens is 2. The molecule has 1 amide bonds. The van der Waals surface area contributed by atoms with E-state index in [0.717, 1.165) is 46.6 Å². The molecule has 1 N–H and O–H groups in total. The Hall–Kier alpha value is -3.00. The molecule has 2 aromatic heterocycles. The summed E-state index contributed by atoms with van der Waals surface area (Å²) in [6.45, 7) is 3.28. The molecule has 0 aliphatic carbocycles. The van der Waals surface area contributed by atoms with Crippen molar-refractivity contribution in [1.29, 1.82) is 0 Å². The number of pyridine rings is 1. The van der Waals surface area contributed by atoms with Gasteiger partial charge in [0.05, 0.1) is 11.7 Å². The molecular formula is C23H26FN5OS. The second kappa shape index (κ2) is 9.43. The van der Waals surface area contributed by atoms with Crippen molar-refractivity contribution in [2.24, 2.45) is 0 Å². The maximum atomic E-state index is 13.5. The number of likely N-dealkylation sites (tertiary alicyclic amines) is 1. The number of thiazole rings is 1. The van der Waals surface area contributed by atoms with E-state index in [0.29, 0.717) is 13.0 Å². The van der Waals surface area contributed by atoms with Crippen LogP contribution in [0.15, 0.2) is 48.7 Å². The monoisotopic (exact) mass is 439 g/mol. The molecule has 0 saturated carbocycles. The standard InChI is InChI=1S/C23H26FN5OS/c1-16-15-25-23(31-16)27-21-10-4-8-19(26-21)20-9-5-12-29(20)22(30)11-13-28(2)18-7-3-6-17(24)14-18/h3-4,6-8,10,14-15,20H,5,9,11-13H2,1-2H3,(H,25,26,27)/t20-/m1/s1. The lowest BCUT2D eigenvalue weighted by Gasteiger charge is -2.26. The van der Waals surface area contributed by atoms with E-state index in [-0.39, 0.29) is 17.8 Å². The summed E-state index contributed by atoms with van der Waals surface area (Å²) in [4.78, 5) is 27.0. The van der Waals surface area contributed by atoms with Gasteiger partial charge < -0.3 is 15.1 Å². The molecule has 6 nitrogen and oxygen atoms in total. The van der Waals surface area contributed by atoms with Gasteiger partial charge in [-0.3, -0.25) is 4.79 Å². The van der Waals surface area contributed by atoms with Crippen LogP contribution < -0.4 is 10.2 Å². The fourth-order valence-corrected chi connectivity index (χ4v) is 4.52. The average Bonchev–Trinajstić information content (AvgIpc) is 3.41. The van der Waals surface area contributed by atoms with Crippen LogP contribution in [0.5, 0.6) is 0 Å². The molecule has 4 rings (SSSR count). The van der Waals surface area contributed by atoms with Crippen LogP contribution in [-0.2, 0) is 4.79 Å². The summed E-state index contributed by atoms with van der Waals surface area (Å²) in [6.07, 6.45) is 4.06. The van der Waals surface area contributed by atoms with Crippen molar-refractivity contribution in [3.63, 3.8) is 0 Å². The summed E-state index contributed by atoms with van der Waals surface area (Å²) in [7, 11) is 1.88. The Balaban J connectivity index is 1.40. The quantitative estimate of drug-likeness (QED) is 0.566. The lowest BCUT2D eigenvalue weighted by Crippen LogP contribution is -2.33. The Bertz CT molecular complexity index is 1060. The third-order valence-electron chi connectivity index (χ3n) is 5.45. The molecule has 8 heteroatoms. The maximum absolute atomic E-state index is 13.5. The zero-order valence-corrected chi connectivity index (χ0v) is 18.5. The number of amides is 1. The van der Waals surface area contributed by atoms with E-state index < -0.39 is 0 Å². The van der Waals surface area contributed by atoms with Gasteiger partial charge in [-0.25, -0.2) is 14.4 Å². The highest BCUT2D eigenvalue weighted by atomic mass is 32.1. The summed E-state index contributed by atoms with van der Waals surface area (Å²) in [5.41, 5.74) is 1.66. The van der Waals surface area contributed by atoms with Gasteiger partial charge in [-0.1, -0.05) is 12.1 Å². The van der Waals surface area contributed by atoms with E-state index in [1.807, 2.05) is 54.2 Å². The number of nitrogens with one attached hydrogen (secondary N) is 1. The maximum Gasteiger partial charge on any atom is 0.224 e. The Morgan fingerprint density at radius 3 is 2.94 bits per heavy atom. The van der Waals surface area contributed by atoms with E-state index in [1.165, 1.54) is 12.1 Å². The number of halogens is 1. The largest absolute Gasteiger partial charge is 0.374 e. The van der Waals surface area contributed by atoms with Gasteiger partial charge in [0, 0.05) is 43.3 Å². The van der Waals surface area contributed by atoms with Crippen LogP contribution in [0, 0.1) is 12.7 Å². The predicted molar refractivity (Wildman–Crippen MR) is 122 cm³/mol. The van der Waals surface area contributed by atoms with Crippen LogP contribution in [0.2, 0.25) is 0 Å². The third-order valence-corrected chi connectivity index (χ3v) is 6.28. The molecule has 3 aromatic rings. The molecule has 1 aromatic carbocycles. The number of anilines is 3. The van der Waals surface area contributed by atoms with Gasteiger partial charge in [0.1, 0.15) is 11.6 Å². The van der Waals surface area contributed by atoms with E-state index in [4.69, 9.17) is 4.98 Å². The van der Waals surface area contributed by atoms with E-state index in [9.17, 15) is 9.18 Å². The minimum absolute atomic E-state index is 0.0215. The van der Waals surface area contributed by atoms with Crippen LogP contribution in [0.1, 0.15) is 35.9 Å². The first-order chi connectivity index (χ1) is 15.0. The van der Waals surface area contributed by atoms with Crippen molar-refractivity contribution in [3.8, 4) is 0 Å². The van der Waals surface area contributed by atoms with Gasteiger partial charge in [0.15, 0.2) is 5.13 Å². The van der Waals surface area contributed by atoms with Gasteiger partial charge in [0.25, 0.3) is 0 Å². The molecule has 1 atom stereocenters. The number of aryl methyl sites for hydroxylation is 1. The minimum atomic E-state index is -0.275. The fourth-order valence-electron chi connectivity index (χ4n) is 3.85. The number of hydrogen-bond donors (Lipinski definition) is 1. The first kappa shape index (κ1) is 21.2. The van der Waals surface area contributed by atoms with Crippen molar-refractivity contribution >= 4 is 33.9 Å². The lowest BCUT2D eigenvalue weighted by atomic mass is 10.1. The smallest absolute Gasteiger partial charge is 0.224 e. The number of benzene rings is 1. The topological polar surface area (TPSA) is 61.4 Å². The first-order valence-corrected chi connectivity index (χ1v) is 11.2. The van der Waals surface area contributed by atoms with Crippen molar-refractivity contribution in [3.05, 3.63) is 65.0 Å². The van der Waals surface area contributed by atoms with E-state index in [1.54, 1.807) is 17.4 Å². The summed E-state index contributed by atoms with van der Waals surface area (Å²) in [5.74, 6) is 0.557. The van der Waals surface area contributed by atoms with Gasteiger partial charge in [-0.2, -0.15) is 0 Å². The van der Waals surface area contributed by atoms with Crippen LogP contribution in [0.3, 0.4) is 0 Å². The molecule has 1 aliphatic heterocycles. The number of hydrogen-bond acceptors (Lipinski definition) is 6. The number of carbonyl (C=O) groups excluding carboxylic acids is 1. The minimum Gasteiger partial charge on any atom is -0.374 e. The molecule has 0 bridgehead atoms. The Morgan fingerprint density at radius 1 is 1.32 bits per heavy atom. The van der Waals surface area contributed by atoms with Gasteiger partial charge in [-0.15, -0.1) is 11.3 Å². The Morgan fingerprint density at radius 2 is 2.16 bits per heavy atom. The SMILES string of the molecule is Cc1cnc(Nc2cccc([C@H]3CCCN3C(=O)CCN(C)c3cccc(F)c3)n2)s1. The van der Waals surface area contributed by atoms with Crippen LogP contribution in [-0.4, -0.2) is 40.9 Å². The Labute approximate surface area is 185 Å². The van der Waals surface area contributed by atoms with Crippen LogP contribution >= 0.6 is 11.3 Å². The number of nitrogens with zero attached hydrogens (tertiary/aromatic N) is 4. The van der Waals surface area contributed by atoms with Gasteiger partial charge in [0.2, 0.25) is 5.91 Å². The molecule has 31 heavy (non-hydrogen) atoms. The molecule has 0 radical (unpaired) electrons. The Kier molecular flexibility index (Phi) is 6.46. The molecule has 1 saturated heterocycles. The number of rotatable bonds is 7. The summed E-state index contributed by atoms with van der Waals surface area (Å²) < 4.78 is 13.5. The highest BCUT2D eigenvalue weighted by Gasteiger charge is 2.30. The molecule has 1 fully saturated rings. The van der Waals surface area contributed by atoms with Crippen molar-refractivity contribution in [2.75, 3.05) is 30.4 Å². The average molecular weight is 440 g/mol. The highest BCUT2D eigenvalue weighted by molar-refractivity contribution is 7.15. The van der Waals surface area contributed by atoms with Crippen molar-refractivity contribution in [1.82, 2.24) is 14.9 Å². The first-order valence-electron chi connectivity index (χ1n) is 10.4. The highest BCUT2D eigenvalue weighted by Crippen LogP contribution is 2.32. The molecule has 3 heterocycles. The summed E-state index contributed by atoms with van der Waals surface area (Å²) in [5, 5.41) is 4.06. The zero-order chi connectivity index (χ0) is 21.8. The van der Waals surface area contributed by atoms with Crippen LogP contribution in [0.4, 0.5) is 21.0 Å². The predicted octanol–water partition coefficient (Wildman–Crippen LogP) is 4.92. The van der Waals surface area contributed by atoms with Gasteiger partial charge >= 0.3 is 0 Å². The zero-order valence-electron chi connectivity index (χ0n) is 17.7. The van der Waals surface area contributed by atoms with Gasteiger partial charge in [-0.05, 0) is 50.1 Å². The normalized spacial score (nSPS) is 15.8. The molecular weight excluding hydrogens is 413 g/mol. The fraction of sp³-hybridized carbons (Fsp3) is 0.348. The van der Waals surface area contributed by atoms with Crippen LogP contribution in [0.25, 0.3) is 0 Å². The van der Waals surface area contributed by atoms with Crippen molar-refractivity contribution < 1.29 is 9.18 Å². The van der Waals surface area contributed by atoms with Crippen molar-refractivity contribution in [2.45, 2.75) is 32.2 Å². The van der Waals surface area contributed by atoms with E-state index in [2.05, 4.69) is 10.3 Å². The summed E-state index contributed by atoms with van der Waals surface area (Å²) in [6, 6.07) is 12.3. The molecule has 0 spiro atoms. The molecule has 0 unspecified atom stereocenters. The second-order valence-corrected chi connectivity index (χ2v) is 8.98. The molecule has 1 aliphatic rings. The summed E-state index contributed by atoms with van der Waals surface area (Å²) >= 11 is 1.58. The second-order valence-electron chi connectivity index (χ2n) is 7.75.